The van der Waals surface area contributed by atoms with Crippen molar-refractivity contribution < 1.29 is 17.6 Å². The molecule has 0 aromatic heterocycles. The van der Waals surface area contributed by atoms with Gasteiger partial charge in [-0.05, 0) is 30.5 Å². The summed E-state index contributed by atoms with van der Waals surface area (Å²) >= 11 is 0. The SMILES string of the molecule is NCCC(CC(F)(F)F)c1ccccc1F. The first kappa shape index (κ1) is 13.0. The molecule has 2 N–H and O–H groups in total. The fourth-order valence-electron chi connectivity index (χ4n) is 1.65. The third-order valence-electron chi connectivity index (χ3n) is 2.34. The number of nitrogens with two attached hydrogens (primary N) is 1. The second-order valence-corrected chi connectivity index (χ2v) is 3.62. The van der Waals surface area contributed by atoms with Crippen LogP contribution in [0.5, 0.6) is 0 Å². The zero-order valence-electron chi connectivity index (χ0n) is 8.60. The van der Waals surface area contributed by atoms with E-state index >= 15 is 0 Å². The molecule has 0 bridgehead atoms. The van der Waals surface area contributed by atoms with E-state index in [1.807, 2.05) is 0 Å². The summed E-state index contributed by atoms with van der Waals surface area (Å²) in [5.74, 6) is -1.50. The molecule has 0 heterocycles. The van der Waals surface area contributed by atoms with E-state index in [0.717, 1.165) is 6.07 Å². The first-order chi connectivity index (χ1) is 7.44. The highest BCUT2D eigenvalue weighted by Gasteiger charge is 2.33. The van der Waals surface area contributed by atoms with Gasteiger partial charge in [0.05, 0.1) is 6.42 Å². The van der Waals surface area contributed by atoms with Crippen molar-refractivity contribution in [3.05, 3.63) is 35.6 Å². The summed E-state index contributed by atoms with van der Waals surface area (Å²) < 4.78 is 50.2. The van der Waals surface area contributed by atoms with E-state index in [0.29, 0.717) is 0 Å². The average molecular weight is 235 g/mol. The summed E-state index contributed by atoms with van der Waals surface area (Å²) in [7, 11) is 0. The minimum Gasteiger partial charge on any atom is -0.330 e. The summed E-state index contributed by atoms with van der Waals surface area (Å²) in [6.45, 7) is 0.106. The number of hydrogen-bond acceptors (Lipinski definition) is 1. The quantitative estimate of drug-likeness (QED) is 0.797. The molecular formula is C11H13F4N. The highest BCUT2D eigenvalue weighted by atomic mass is 19.4. The normalized spacial score (nSPS) is 13.8. The Morgan fingerprint density at radius 3 is 2.31 bits per heavy atom. The molecular weight excluding hydrogens is 222 g/mol. The molecule has 1 nitrogen and oxygen atoms in total. The number of halogens is 4. The average Bonchev–Trinajstić information content (AvgIpc) is 2.16. The molecule has 1 atom stereocenters. The highest BCUT2D eigenvalue weighted by molar-refractivity contribution is 5.22. The van der Waals surface area contributed by atoms with E-state index < -0.39 is 24.3 Å². The van der Waals surface area contributed by atoms with Crippen LogP contribution in [-0.4, -0.2) is 12.7 Å². The van der Waals surface area contributed by atoms with Crippen molar-refractivity contribution in [1.82, 2.24) is 0 Å². The summed E-state index contributed by atoms with van der Waals surface area (Å²) in [6.07, 6.45) is -5.21. The second-order valence-electron chi connectivity index (χ2n) is 3.62. The fraction of sp³-hybridized carbons (Fsp3) is 0.455. The molecule has 16 heavy (non-hydrogen) atoms. The van der Waals surface area contributed by atoms with E-state index in [-0.39, 0.29) is 18.5 Å². The standard InChI is InChI=1S/C11H13F4N/c12-10-4-2-1-3-9(10)8(5-6-16)7-11(13,14)15/h1-4,8H,5-7,16H2. The van der Waals surface area contributed by atoms with Gasteiger partial charge in [-0.15, -0.1) is 0 Å². The predicted molar refractivity (Wildman–Crippen MR) is 53.5 cm³/mol. The minimum atomic E-state index is -4.30. The van der Waals surface area contributed by atoms with Crippen LogP contribution in [0.2, 0.25) is 0 Å². The number of rotatable bonds is 4. The van der Waals surface area contributed by atoms with Crippen molar-refractivity contribution in [2.24, 2.45) is 5.73 Å². The van der Waals surface area contributed by atoms with Gasteiger partial charge >= 0.3 is 6.18 Å². The molecule has 0 amide bonds. The number of hydrogen-bond donors (Lipinski definition) is 1. The molecule has 1 unspecified atom stereocenters. The Morgan fingerprint density at radius 1 is 1.19 bits per heavy atom. The van der Waals surface area contributed by atoms with Gasteiger partial charge in [0.2, 0.25) is 0 Å². The van der Waals surface area contributed by atoms with Crippen molar-refractivity contribution in [3.8, 4) is 0 Å². The molecule has 1 aromatic carbocycles. The third-order valence-corrected chi connectivity index (χ3v) is 2.34. The summed E-state index contributed by atoms with van der Waals surface area (Å²) in [4.78, 5) is 0. The van der Waals surface area contributed by atoms with Crippen molar-refractivity contribution >= 4 is 0 Å². The fourth-order valence-corrected chi connectivity index (χ4v) is 1.65. The first-order valence-electron chi connectivity index (χ1n) is 4.95. The predicted octanol–water partition coefficient (Wildman–Crippen LogP) is 3.21. The van der Waals surface area contributed by atoms with Crippen molar-refractivity contribution in [1.29, 1.82) is 0 Å². The van der Waals surface area contributed by atoms with Crippen LogP contribution in [0.15, 0.2) is 24.3 Å². The minimum absolute atomic E-state index is 0.0882. The molecule has 0 saturated heterocycles. The summed E-state index contributed by atoms with van der Waals surface area (Å²) in [6, 6.07) is 5.51. The lowest BCUT2D eigenvalue weighted by molar-refractivity contribution is -0.139. The molecule has 0 fully saturated rings. The van der Waals surface area contributed by atoms with E-state index in [4.69, 9.17) is 5.73 Å². The summed E-state index contributed by atoms with van der Waals surface area (Å²) in [5.41, 5.74) is 5.33. The number of benzene rings is 1. The van der Waals surface area contributed by atoms with Crippen LogP contribution >= 0.6 is 0 Å². The molecule has 1 rings (SSSR count). The first-order valence-corrected chi connectivity index (χ1v) is 4.95. The Morgan fingerprint density at radius 2 is 1.81 bits per heavy atom. The van der Waals surface area contributed by atoms with Gasteiger partial charge in [0, 0.05) is 0 Å². The molecule has 5 heteroatoms. The van der Waals surface area contributed by atoms with Crippen LogP contribution in [0.3, 0.4) is 0 Å². The molecule has 0 aliphatic heterocycles. The van der Waals surface area contributed by atoms with Crippen molar-refractivity contribution in [2.45, 2.75) is 24.9 Å². The van der Waals surface area contributed by atoms with Gasteiger partial charge in [-0.3, -0.25) is 0 Å². The molecule has 0 saturated carbocycles. The van der Waals surface area contributed by atoms with Crippen LogP contribution in [0.1, 0.15) is 24.3 Å². The van der Waals surface area contributed by atoms with Crippen LogP contribution in [0, 0.1) is 5.82 Å². The van der Waals surface area contributed by atoms with E-state index in [1.54, 1.807) is 0 Å². The largest absolute Gasteiger partial charge is 0.389 e. The second kappa shape index (κ2) is 5.30. The van der Waals surface area contributed by atoms with Gasteiger partial charge in [-0.25, -0.2) is 4.39 Å². The van der Waals surface area contributed by atoms with Gasteiger partial charge in [0.25, 0.3) is 0 Å². The molecule has 0 radical (unpaired) electrons. The van der Waals surface area contributed by atoms with Crippen LogP contribution in [0.4, 0.5) is 17.6 Å². The van der Waals surface area contributed by atoms with Gasteiger partial charge in [-0.2, -0.15) is 13.2 Å². The molecule has 90 valence electrons. The van der Waals surface area contributed by atoms with Gasteiger partial charge in [-0.1, -0.05) is 18.2 Å². The number of alkyl halides is 3. The van der Waals surface area contributed by atoms with Crippen LogP contribution in [0.25, 0.3) is 0 Å². The highest BCUT2D eigenvalue weighted by Crippen LogP contribution is 2.34. The van der Waals surface area contributed by atoms with Gasteiger partial charge in [0.15, 0.2) is 0 Å². The smallest absolute Gasteiger partial charge is 0.330 e. The molecule has 1 aromatic rings. The molecule has 0 spiro atoms. The van der Waals surface area contributed by atoms with E-state index in [2.05, 4.69) is 0 Å². The molecule has 0 aliphatic carbocycles. The zero-order chi connectivity index (χ0) is 12.2. The molecule has 0 aliphatic rings. The van der Waals surface area contributed by atoms with Gasteiger partial charge < -0.3 is 5.73 Å². The Bertz CT molecular complexity index is 335. The zero-order valence-corrected chi connectivity index (χ0v) is 8.60. The van der Waals surface area contributed by atoms with E-state index in [1.165, 1.54) is 18.2 Å². The van der Waals surface area contributed by atoms with E-state index in [9.17, 15) is 17.6 Å². The van der Waals surface area contributed by atoms with Crippen LogP contribution < -0.4 is 5.73 Å². The third kappa shape index (κ3) is 3.81. The van der Waals surface area contributed by atoms with Crippen LogP contribution in [-0.2, 0) is 0 Å². The summed E-state index contributed by atoms with van der Waals surface area (Å²) in [5, 5.41) is 0. The van der Waals surface area contributed by atoms with Gasteiger partial charge in [0.1, 0.15) is 5.82 Å². The maximum Gasteiger partial charge on any atom is 0.389 e. The Labute approximate surface area is 91.3 Å². The van der Waals surface area contributed by atoms with Crippen molar-refractivity contribution in [2.75, 3.05) is 6.54 Å². The lowest BCUT2D eigenvalue weighted by atomic mass is 9.92. The lowest BCUT2D eigenvalue weighted by Crippen LogP contribution is -2.17. The maximum absolute atomic E-state index is 13.3. The Balaban J connectivity index is 2.89. The van der Waals surface area contributed by atoms with Crippen molar-refractivity contribution in [3.63, 3.8) is 0 Å². The monoisotopic (exact) mass is 235 g/mol. The lowest BCUT2D eigenvalue weighted by Gasteiger charge is -2.18. The maximum atomic E-state index is 13.3. The Kier molecular flexibility index (Phi) is 4.29. The topological polar surface area (TPSA) is 26.0 Å². The Hall–Kier alpha value is -1.10.